The second-order valence-electron chi connectivity index (χ2n) is 2.98. The molecule has 0 saturated heterocycles. The van der Waals surface area contributed by atoms with Crippen LogP contribution in [0, 0.1) is 0 Å². The number of hydrogen-bond acceptors (Lipinski definition) is 3. The molecule has 0 fully saturated rings. The molecule has 2 heterocycles. The number of aromatic amines is 1. The third-order valence-corrected chi connectivity index (χ3v) is 2.06. The summed E-state index contributed by atoms with van der Waals surface area (Å²) in [6.45, 7) is 1.86. The predicted molar refractivity (Wildman–Crippen MR) is 50.3 cm³/mol. The van der Waals surface area contributed by atoms with Crippen molar-refractivity contribution in [2.75, 3.05) is 13.1 Å². The Balaban J connectivity index is 2.29. The van der Waals surface area contributed by atoms with Crippen molar-refractivity contribution < 1.29 is 0 Å². The van der Waals surface area contributed by atoms with Gasteiger partial charge >= 0.3 is 0 Å². The Morgan fingerprint density at radius 1 is 1.46 bits per heavy atom. The lowest BCUT2D eigenvalue weighted by Crippen LogP contribution is -2.20. The summed E-state index contributed by atoms with van der Waals surface area (Å²) in [7, 11) is 0. The Kier molecular flexibility index (Phi) is 2.23. The Morgan fingerprint density at radius 2 is 2.38 bits per heavy atom. The maximum Gasteiger partial charge on any atom is 0.266 e. The van der Waals surface area contributed by atoms with E-state index in [0.29, 0.717) is 0 Å². The lowest BCUT2D eigenvalue weighted by atomic mass is 10.1. The number of aromatic nitrogens is 2. The van der Waals surface area contributed by atoms with Gasteiger partial charge in [-0.1, -0.05) is 6.08 Å². The molecule has 0 unspecified atom stereocenters. The molecule has 0 aromatic carbocycles. The van der Waals surface area contributed by atoms with Crippen LogP contribution in [-0.2, 0) is 0 Å². The van der Waals surface area contributed by atoms with Gasteiger partial charge in [0.1, 0.15) is 0 Å². The van der Waals surface area contributed by atoms with Gasteiger partial charge in [-0.3, -0.25) is 4.79 Å². The molecule has 0 aliphatic carbocycles. The second kappa shape index (κ2) is 3.53. The van der Waals surface area contributed by atoms with Crippen molar-refractivity contribution in [1.29, 1.82) is 0 Å². The van der Waals surface area contributed by atoms with E-state index in [0.717, 1.165) is 25.2 Å². The first kappa shape index (κ1) is 8.19. The van der Waals surface area contributed by atoms with Gasteiger partial charge in [-0.15, -0.1) is 0 Å². The molecule has 68 valence electrons. The molecule has 1 aromatic rings. The minimum Gasteiger partial charge on any atom is -0.326 e. The number of nitrogens with one attached hydrogen (secondary N) is 2. The zero-order valence-electron chi connectivity index (χ0n) is 7.21. The molecule has 2 rings (SSSR count). The van der Waals surface area contributed by atoms with Crippen LogP contribution in [0.3, 0.4) is 0 Å². The van der Waals surface area contributed by atoms with Gasteiger partial charge in [0, 0.05) is 12.7 Å². The predicted octanol–water partition coefficient (Wildman–Crippen LogP) is 0.147. The van der Waals surface area contributed by atoms with Gasteiger partial charge in [0.2, 0.25) is 0 Å². The van der Waals surface area contributed by atoms with E-state index in [4.69, 9.17) is 0 Å². The summed E-state index contributed by atoms with van der Waals surface area (Å²) in [6.07, 6.45) is 6.06. The minimum absolute atomic E-state index is 0.154. The number of nitrogens with zero attached hydrogens (tertiary/aromatic N) is 1. The van der Waals surface area contributed by atoms with E-state index >= 15 is 0 Å². The Bertz CT molecular complexity index is 360. The van der Waals surface area contributed by atoms with E-state index < -0.39 is 0 Å². The van der Waals surface area contributed by atoms with Crippen LogP contribution >= 0.6 is 0 Å². The van der Waals surface area contributed by atoms with E-state index in [1.165, 1.54) is 11.8 Å². The zero-order chi connectivity index (χ0) is 9.10. The van der Waals surface area contributed by atoms with Crippen molar-refractivity contribution in [2.45, 2.75) is 6.42 Å². The maximum absolute atomic E-state index is 10.8. The van der Waals surface area contributed by atoms with Gasteiger partial charge < -0.3 is 10.3 Å². The molecule has 4 heteroatoms. The second-order valence-corrected chi connectivity index (χ2v) is 2.98. The molecule has 1 aliphatic heterocycles. The topological polar surface area (TPSA) is 57.8 Å². The summed E-state index contributed by atoms with van der Waals surface area (Å²) in [5.41, 5.74) is 1.93. The normalized spacial score (nSPS) is 16.8. The fraction of sp³-hybridized carbons (Fsp3) is 0.333. The molecule has 0 bridgehead atoms. The molecule has 0 radical (unpaired) electrons. The molecule has 0 saturated carbocycles. The SMILES string of the molecule is O=c1cnc(C2=CCNCC2)c[nH]1. The van der Waals surface area contributed by atoms with Crippen LogP contribution in [-0.4, -0.2) is 23.1 Å². The quantitative estimate of drug-likeness (QED) is 0.641. The van der Waals surface area contributed by atoms with Gasteiger partial charge in [-0.05, 0) is 18.5 Å². The van der Waals surface area contributed by atoms with E-state index in [1.54, 1.807) is 6.20 Å². The van der Waals surface area contributed by atoms with Gasteiger partial charge in [0.25, 0.3) is 5.56 Å². The van der Waals surface area contributed by atoms with E-state index in [2.05, 4.69) is 21.4 Å². The van der Waals surface area contributed by atoms with Crippen LogP contribution in [0.1, 0.15) is 12.1 Å². The highest BCUT2D eigenvalue weighted by atomic mass is 16.1. The fourth-order valence-electron chi connectivity index (χ4n) is 1.37. The van der Waals surface area contributed by atoms with Crippen molar-refractivity contribution in [3.05, 3.63) is 34.5 Å². The Hall–Kier alpha value is -1.42. The average Bonchev–Trinajstić information content (AvgIpc) is 2.20. The number of H-pyrrole nitrogens is 1. The van der Waals surface area contributed by atoms with Crippen LogP contribution in [0.2, 0.25) is 0 Å². The standard InChI is InChI=1S/C9H11N3O/c13-9-6-11-8(5-12-9)7-1-3-10-4-2-7/h1,5-6,10H,2-4H2,(H,12,13). The first-order chi connectivity index (χ1) is 6.36. The van der Waals surface area contributed by atoms with Crippen molar-refractivity contribution >= 4 is 5.57 Å². The van der Waals surface area contributed by atoms with Crippen LogP contribution in [0.5, 0.6) is 0 Å². The molecule has 2 N–H and O–H groups in total. The minimum atomic E-state index is -0.154. The van der Waals surface area contributed by atoms with Crippen molar-refractivity contribution in [3.63, 3.8) is 0 Å². The lowest BCUT2D eigenvalue weighted by molar-refractivity contribution is 0.736. The average molecular weight is 177 g/mol. The number of rotatable bonds is 1. The van der Waals surface area contributed by atoms with Crippen molar-refractivity contribution in [2.24, 2.45) is 0 Å². The molecule has 0 amide bonds. The smallest absolute Gasteiger partial charge is 0.266 e. The Morgan fingerprint density at radius 3 is 3.00 bits per heavy atom. The monoisotopic (exact) mass is 177 g/mol. The molecule has 0 atom stereocenters. The molecule has 4 nitrogen and oxygen atoms in total. The summed E-state index contributed by atoms with van der Waals surface area (Å²) in [5.74, 6) is 0. The molecule has 1 aliphatic rings. The van der Waals surface area contributed by atoms with Gasteiger partial charge in [-0.25, -0.2) is 4.98 Å². The van der Waals surface area contributed by atoms with E-state index in [-0.39, 0.29) is 5.56 Å². The van der Waals surface area contributed by atoms with Crippen LogP contribution < -0.4 is 10.9 Å². The third kappa shape index (κ3) is 1.84. The summed E-state index contributed by atoms with van der Waals surface area (Å²) < 4.78 is 0. The highest BCUT2D eigenvalue weighted by molar-refractivity contribution is 5.62. The van der Waals surface area contributed by atoms with Crippen LogP contribution in [0.15, 0.2) is 23.3 Å². The summed E-state index contributed by atoms with van der Waals surface area (Å²) in [4.78, 5) is 17.4. The fourth-order valence-corrected chi connectivity index (χ4v) is 1.37. The van der Waals surface area contributed by atoms with E-state index in [1.807, 2.05) is 0 Å². The molecule has 1 aromatic heterocycles. The molecule has 0 spiro atoms. The van der Waals surface area contributed by atoms with E-state index in [9.17, 15) is 4.79 Å². The maximum atomic E-state index is 10.8. The van der Waals surface area contributed by atoms with Crippen molar-refractivity contribution in [3.8, 4) is 0 Å². The first-order valence-electron chi connectivity index (χ1n) is 4.31. The highest BCUT2D eigenvalue weighted by Crippen LogP contribution is 2.14. The molecule has 13 heavy (non-hydrogen) atoms. The van der Waals surface area contributed by atoms with Crippen molar-refractivity contribution in [1.82, 2.24) is 15.3 Å². The highest BCUT2D eigenvalue weighted by Gasteiger charge is 2.05. The molecular formula is C9H11N3O. The Labute approximate surface area is 75.7 Å². The van der Waals surface area contributed by atoms with Crippen LogP contribution in [0.4, 0.5) is 0 Å². The first-order valence-corrected chi connectivity index (χ1v) is 4.31. The van der Waals surface area contributed by atoms with Crippen LogP contribution in [0.25, 0.3) is 5.57 Å². The largest absolute Gasteiger partial charge is 0.326 e. The molecular weight excluding hydrogens is 166 g/mol. The van der Waals surface area contributed by atoms with Gasteiger partial charge in [-0.2, -0.15) is 0 Å². The number of hydrogen-bond donors (Lipinski definition) is 2. The summed E-state index contributed by atoms with van der Waals surface area (Å²) in [5, 5.41) is 3.22. The zero-order valence-corrected chi connectivity index (χ0v) is 7.21. The van der Waals surface area contributed by atoms with Gasteiger partial charge in [0.05, 0.1) is 11.9 Å². The van der Waals surface area contributed by atoms with Gasteiger partial charge in [0.15, 0.2) is 0 Å². The summed E-state index contributed by atoms with van der Waals surface area (Å²) in [6, 6.07) is 0. The summed E-state index contributed by atoms with van der Waals surface area (Å²) >= 11 is 0. The third-order valence-electron chi connectivity index (χ3n) is 2.06. The lowest BCUT2D eigenvalue weighted by Gasteiger charge is -2.12.